The van der Waals surface area contributed by atoms with E-state index in [0.717, 1.165) is 11.6 Å². The summed E-state index contributed by atoms with van der Waals surface area (Å²) in [6, 6.07) is 11.1. The predicted molar refractivity (Wildman–Crippen MR) is 78.9 cm³/mol. The summed E-state index contributed by atoms with van der Waals surface area (Å²) in [6.45, 7) is 0. The van der Waals surface area contributed by atoms with Crippen LogP contribution in [0.4, 0.5) is 4.39 Å². The van der Waals surface area contributed by atoms with Crippen LogP contribution in [0.2, 0.25) is 0 Å². The maximum Gasteiger partial charge on any atom is 0.337 e. The van der Waals surface area contributed by atoms with Crippen LogP contribution in [0.15, 0.2) is 42.5 Å². The number of carbonyl (C=O) groups excluding carboxylic acids is 2. The number of esters is 2. The highest BCUT2D eigenvalue weighted by molar-refractivity contribution is 5.91. The molecule has 0 heterocycles. The van der Waals surface area contributed by atoms with Gasteiger partial charge in [0.05, 0.1) is 26.2 Å². The van der Waals surface area contributed by atoms with E-state index in [0.29, 0.717) is 11.1 Å². The van der Waals surface area contributed by atoms with Crippen molar-refractivity contribution in [3.63, 3.8) is 0 Å². The van der Waals surface area contributed by atoms with Gasteiger partial charge in [0.15, 0.2) is 0 Å². The van der Waals surface area contributed by atoms with Gasteiger partial charge in [-0.25, -0.2) is 9.18 Å². The molecular weight excluding hydrogens is 287 g/mol. The number of halogens is 1. The van der Waals surface area contributed by atoms with Gasteiger partial charge >= 0.3 is 11.9 Å². The smallest absolute Gasteiger partial charge is 0.337 e. The number of methoxy groups -OCH3 is 2. The Labute approximate surface area is 127 Å². The summed E-state index contributed by atoms with van der Waals surface area (Å²) in [5.41, 5.74) is 2.11. The molecule has 0 fully saturated rings. The third kappa shape index (κ3) is 3.69. The molecule has 0 unspecified atom stereocenters. The van der Waals surface area contributed by atoms with Crippen LogP contribution in [-0.4, -0.2) is 26.2 Å². The van der Waals surface area contributed by atoms with Gasteiger partial charge in [0, 0.05) is 0 Å². The van der Waals surface area contributed by atoms with Crippen molar-refractivity contribution < 1.29 is 23.5 Å². The topological polar surface area (TPSA) is 52.6 Å². The van der Waals surface area contributed by atoms with E-state index in [1.807, 2.05) is 0 Å². The minimum absolute atomic E-state index is 0.128. The van der Waals surface area contributed by atoms with E-state index in [9.17, 15) is 14.0 Å². The minimum atomic E-state index is -0.605. The number of rotatable bonds is 4. The summed E-state index contributed by atoms with van der Waals surface area (Å²) in [7, 11) is 2.56. The van der Waals surface area contributed by atoms with E-state index >= 15 is 0 Å². The molecule has 0 N–H and O–H groups in total. The van der Waals surface area contributed by atoms with Crippen LogP contribution in [0.3, 0.4) is 0 Å². The summed E-state index contributed by atoms with van der Waals surface area (Å²) >= 11 is 0. The minimum Gasteiger partial charge on any atom is -0.469 e. The number of hydrogen-bond acceptors (Lipinski definition) is 4. The fourth-order valence-corrected chi connectivity index (χ4v) is 2.09. The van der Waals surface area contributed by atoms with Gasteiger partial charge in [-0.05, 0) is 34.9 Å². The highest BCUT2D eigenvalue weighted by atomic mass is 19.1. The molecule has 0 radical (unpaired) electrons. The summed E-state index contributed by atoms with van der Waals surface area (Å²) in [5, 5.41) is 0. The van der Waals surface area contributed by atoms with Crippen molar-refractivity contribution in [3.8, 4) is 11.1 Å². The zero-order valence-electron chi connectivity index (χ0n) is 12.3. The van der Waals surface area contributed by atoms with Crippen LogP contribution in [0.1, 0.15) is 15.9 Å². The molecule has 0 atom stereocenters. The Balaban J connectivity index is 2.39. The number of hydrogen-bond donors (Lipinski definition) is 0. The van der Waals surface area contributed by atoms with E-state index in [4.69, 9.17) is 0 Å². The van der Waals surface area contributed by atoms with Gasteiger partial charge in [0.25, 0.3) is 0 Å². The second-order valence-corrected chi connectivity index (χ2v) is 4.67. The normalized spacial score (nSPS) is 10.1. The van der Waals surface area contributed by atoms with Crippen molar-refractivity contribution in [2.24, 2.45) is 0 Å². The van der Waals surface area contributed by atoms with Crippen molar-refractivity contribution in [3.05, 3.63) is 59.4 Å². The van der Waals surface area contributed by atoms with Gasteiger partial charge in [-0.2, -0.15) is 0 Å². The summed E-state index contributed by atoms with van der Waals surface area (Å²) < 4.78 is 22.9. The molecule has 4 nitrogen and oxygen atoms in total. The highest BCUT2D eigenvalue weighted by Gasteiger charge is 2.11. The second-order valence-electron chi connectivity index (χ2n) is 4.67. The van der Waals surface area contributed by atoms with Crippen molar-refractivity contribution in [1.29, 1.82) is 0 Å². The first kappa shape index (κ1) is 15.7. The fourth-order valence-electron chi connectivity index (χ4n) is 2.09. The molecule has 0 aromatic heterocycles. The molecule has 2 aromatic carbocycles. The standard InChI is InChI=1S/C17H15FO4/c1-21-16(19)7-11-4-3-5-12(6-11)13-8-14(17(20)22-2)10-15(18)9-13/h3-6,8-10H,7H2,1-2H3. The molecule has 2 aromatic rings. The molecule has 0 aliphatic carbocycles. The lowest BCUT2D eigenvalue weighted by Gasteiger charge is -2.07. The molecule has 5 heteroatoms. The zero-order chi connectivity index (χ0) is 16.1. The maximum absolute atomic E-state index is 13.7. The first-order valence-corrected chi connectivity index (χ1v) is 6.58. The Kier molecular flexibility index (Phi) is 4.88. The largest absolute Gasteiger partial charge is 0.469 e. The lowest BCUT2D eigenvalue weighted by molar-refractivity contribution is -0.139. The van der Waals surface area contributed by atoms with Crippen molar-refractivity contribution in [2.45, 2.75) is 6.42 Å². The van der Waals surface area contributed by atoms with Gasteiger partial charge in [-0.1, -0.05) is 24.3 Å². The van der Waals surface area contributed by atoms with Gasteiger partial charge in [-0.15, -0.1) is 0 Å². The SMILES string of the molecule is COC(=O)Cc1cccc(-c2cc(F)cc(C(=O)OC)c2)c1. The fraction of sp³-hybridized carbons (Fsp3) is 0.176. The molecule has 2 rings (SSSR count). The van der Waals surface area contributed by atoms with Crippen LogP contribution in [0, 0.1) is 5.82 Å². The average Bonchev–Trinajstić information content (AvgIpc) is 2.53. The third-order valence-electron chi connectivity index (χ3n) is 3.16. The van der Waals surface area contributed by atoms with E-state index < -0.39 is 11.8 Å². The summed E-state index contributed by atoms with van der Waals surface area (Å²) in [4.78, 5) is 22.9. The first-order chi connectivity index (χ1) is 10.5. The monoisotopic (exact) mass is 302 g/mol. The van der Waals surface area contributed by atoms with Crippen LogP contribution in [0.25, 0.3) is 11.1 Å². The molecule has 0 amide bonds. The van der Waals surface area contributed by atoms with Crippen molar-refractivity contribution >= 4 is 11.9 Å². The maximum atomic E-state index is 13.7. The van der Waals surface area contributed by atoms with Gasteiger partial charge in [-0.3, -0.25) is 4.79 Å². The van der Waals surface area contributed by atoms with Crippen LogP contribution < -0.4 is 0 Å². The van der Waals surface area contributed by atoms with E-state index in [1.54, 1.807) is 30.3 Å². The number of ether oxygens (including phenoxy) is 2. The molecule has 0 spiro atoms. The molecule has 0 saturated heterocycles. The summed E-state index contributed by atoms with van der Waals surface area (Å²) in [5.74, 6) is -1.49. The zero-order valence-corrected chi connectivity index (χ0v) is 12.3. The van der Waals surface area contributed by atoms with Crippen LogP contribution in [-0.2, 0) is 20.7 Å². The second kappa shape index (κ2) is 6.85. The molecule has 0 saturated carbocycles. The molecule has 0 bridgehead atoms. The highest BCUT2D eigenvalue weighted by Crippen LogP contribution is 2.24. The van der Waals surface area contributed by atoms with Crippen molar-refractivity contribution in [2.75, 3.05) is 14.2 Å². The van der Waals surface area contributed by atoms with E-state index in [1.165, 1.54) is 20.3 Å². The molecular formula is C17H15FO4. The van der Waals surface area contributed by atoms with Gasteiger partial charge in [0.1, 0.15) is 5.82 Å². The Morgan fingerprint density at radius 2 is 1.77 bits per heavy atom. The van der Waals surface area contributed by atoms with Crippen molar-refractivity contribution in [1.82, 2.24) is 0 Å². The van der Waals surface area contributed by atoms with E-state index in [2.05, 4.69) is 9.47 Å². The first-order valence-electron chi connectivity index (χ1n) is 6.58. The Morgan fingerprint density at radius 1 is 1.00 bits per heavy atom. The van der Waals surface area contributed by atoms with Crippen LogP contribution in [0.5, 0.6) is 0 Å². The number of benzene rings is 2. The van der Waals surface area contributed by atoms with Crippen LogP contribution >= 0.6 is 0 Å². The molecule has 114 valence electrons. The molecule has 0 aliphatic rings. The Bertz CT molecular complexity index is 710. The Hall–Kier alpha value is -2.69. The lowest BCUT2D eigenvalue weighted by Crippen LogP contribution is -2.04. The quantitative estimate of drug-likeness (QED) is 0.815. The number of carbonyl (C=O) groups is 2. The average molecular weight is 302 g/mol. The predicted octanol–water partition coefficient (Wildman–Crippen LogP) is 2.99. The van der Waals surface area contributed by atoms with Gasteiger partial charge in [0.2, 0.25) is 0 Å². The van der Waals surface area contributed by atoms with E-state index in [-0.39, 0.29) is 18.0 Å². The third-order valence-corrected chi connectivity index (χ3v) is 3.16. The summed E-state index contributed by atoms with van der Waals surface area (Å²) in [6.07, 6.45) is 0.128. The Morgan fingerprint density at radius 3 is 2.45 bits per heavy atom. The lowest BCUT2D eigenvalue weighted by atomic mass is 10.00. The molecule has 0 aliphatic heterocycles. The van der Waals surface area contributed by atoms with Gasteiger partial charge < -0.3 is 9.47 Å². The molecule has 22 heavy (non-hydrogen) atoms.